The van der Waals surface area contributed by atoms with Gasteiger partial charge in [0.05, 0.1) is 5.69 Å². The van der Waals surface area contributed by atoms with Gasteiger partial charge in [-0.05, 0) is 34.5 Å². The molecular formula is C9H6BrF6N. The second-order valence-corrected chi connectivity index (χ2v) is 4.23. The van der Waals surface area contributed by atoms with E-state index in [9.17, 15) is 26.3 Å². The number of nitrogens with zero attached hydrogens (tertiary/aromatic N) is 1. The van der Waals surface area contributed by atoms with Crippen molar-refractivity contribution in [1.29, 1.82) is 0 Å². The second kappa shape index (κ2) is 4.47. The molecule has 0 aliphatic rings. The maximum absolute atomic E-state index is 12.4. The number of alkyl halides is 6. The fraction of sp³-hybridized carbons (Fsp3) is 0.444. The van der Waals surface area contributed by atoms with Crippen molar-refractivity contribution in [3.8, 4) is 0 Å². The van der Waals surface area contributed by atoms with Crippen molar-refractivity contribution >= 4 is 15.9 Å². The average Bonchev–Trinajstić information content (AvgIpc) is 2.06. The Morgan fingerprint density at radius 3 is 1.94 bits per heavy atom. The molecule has 0 amide bonds. The maximum atomic E-state index is 12.4. The zero-order valence-corrected chi connectivity index (χ0v) is 9.91. The van der Waals surface area contributed by atoms with Crippen LogP contribution in [-0.4, -0.2) is 17.3 Å². The van der Waals surface area contributed by atoms with Gasteiger partial charge in [-0.15, -0.1) is 0 Å². The van der Waals surface area contributed by atoms with Gasteiger partial charge in [-0.25, -0.2) is 0 Å². The first-order valence-corrected chi connectivity index (χ1v) is 5.08. The van der Waals surface area contributed by atoms with Gasteiger partial charge in [-0.2, -0.15) is 26.3 Å². The van der Waals surface area contributed by atoms with Crippen LogP contribution in [0.2, 0.25) is 0 Å². The van der Waals surface area contributed by atoms with Crippen LogP contribution in [0.15, 0.2) is 16.7 Å². The van der Waals surface area contributed by atoms with Gasteiger partial charge in [0, 0.05) is 10.7 Å². The Balaban J connectivity index is 3.29. The summed E-state index contributed by atoms with van der Waals surface area (Å²) in [5, 5.41) is 0. The topological polar surface area (TPSA) is 12.9 Å². The third-order valence-corrected chi connectivity index (χ3v) is 2.85. The van der Waals surface area contributed by atoms with Crippen LogP contribution in [-0.2, 0) is 0 Å². The van der Waals surface area contributed by atoms with Crippen molar-refractivity contribution < 1.29 is 26.3 Å². The zero-order chi connectivity index (χ0) is 13.4. The lowest BCUT2D eigenvalue weighted by Crippen LogP contribution is -2.34. The van der Waals surface area contributed by atoms with E-state index in [1.165, 1.54) is 6.92 Å². The molecule has 0 spiro atoms. The Morgan fingerprint density at radius 2 is 1.59 bits per heavy atom. The van der Waals surface area contributed by atoms with E-state index in [4.69, 9.17) is 0 Å². The van der Waals surface area contributed by atoms with E-state index < -0.39 is 24.0 Å². The molecule has 0 bridgehead atoms. The standard InChI is InChI=1S/C9H6BrF6N/c1-4-2-6(17-3-5(4)10)7(8(11,12)13)9(14,15)16/h2-3,7H,1H3. The molecule has 1 aromatic rings. The molecule has 0 aromatic carbocycles. The number of rotatable bonds is 1. The summed E-state index contributed by atoms with van der Waals surface area (Å²) in [7, 11) is 0. The monoisotopic (exact) mass is 321 g/mol. The third kappa shape index (κ3) is 3.34. The fourth-order valence-corrected chi connectivity index (χ4v) is 1.46. The van der Waals surface area contributed by atoms with Gasteiger partial charge in [0.2, 0.25) is 0 Å². The highest BCUT2D eigenvalue weighted by atomic mass is 79.9. The Kier molecular flexibility index (Phi) is 3.75. The number of aromatic nitrogens is 1. The van der Waals surface area contributed by atoms with Crippen LogP contribution < -0.4 is 0 Å². The van der Waals surface area contributed by atoms with E-state index in [-0.39, 0.29) is 5.56 Å². The second-order valence-electron chi connectivity index (χ2n) is 3.37. The van der Waals surface area contributed by atoms with Crippen molar-refractivity contribution in [2.75, 3.05) is 0 Å². The van der Waals surface area contributed by atoms with Crippen molar-refractivity contribution in [3.05, 3.63) is 28.0 Å². The highest BCUT2D eigenvalue weighted by molar-refractivity contribution is 9.10. The number of hydrogen-bond acceptors (Lipinski definition) is 1. The lowest BCUT2D eigenvalue weighted by molar-refractivity contribution is -0.254. The minimum atomic E-state index is -5.41. The Labute approximate surface area is 101 Å². The molecule has 96 valence electrons. The molecule has 0 unspecified atom stereocenters. The van der Waals surface area contributed by atoms with E-state index in [1.807, 2.05) is 0 Å². The molecule has 0 aliphatic heterocycles. The summed E-state index contributed by atoms with van der Waals surface area (Å²) in [5.41, 5.74) is -0.792. The molecule has 0 N–H and O–H groups in total. The maximum Gasteiger partial charge on any atom is 0.406 e. The summed E-state index contributed by atoms with van der Waals surface area (Å²) >= 11 is 2.95. The van der Waals surface area contributed by atoms with Gasteiger partial charge < -0.3 is 0 Å². The molecule has 0 fully saturated rings. The molecule has 0 saturated carbocycles. The summed E-state index contributed by atoms with van der Waals surface area (Å²) in [6.07, 6.45) is -9.90. The smallest absolute Gasteiger partial charge is 0.259 e. The van der Waals surface area contributed by atoms with Gasteiger partial charge in [0.15, 0.2) is 5.92 Å². The van der Waals surface area contributed by atoms with E-state index >= 15 is 0 Å². The van der Waals surface area contributed by atoms with Crippen molar-refractivity contribution in [3.63, 3.8) is 0 Å². The summed E-state index contributed by atoms with van der Waals surface area (Å²) in [5.74, 6) is -3.55. The summed E-state index contributed by atoms with van der Waals surface area (Å²) in [6, 6.07) is 0.774. The largest absolute Gasteiger partial charge is 0.406 e. The quantitative estimate of drug-likeness (QED) is 0.700. The molecule has 0 radical (unpaired) electrons. The molecule has 8 heteroatoms. The molecule has 17 heavy (non-hydrogen) atoms. The molecular weight excluding hydrogens is 316 g/mol. The predicted molar refractivity (Wildman–Crippen MR) is 51.5 cm³/mol. The number of hydrogen-bond donors (Lipinski definition) is 0. The highest BCUT2D eigenvalue weighted by Crippen LogP contribution is 2.45. The first-order valence-electron chi connectivity index (χ1n) is 4.29. The van der Waals surface area contributed by atoms with Gasteiger partial charge >= 0.3 is 12.4 Å². The highest BCUT2D eigenvalue weighted by Gasteiger charge is 2.58. The summed E-state index contributed by atoms with van der Waals surface area (Å²) in [4.78, 5) is 3.19. The number of aryl methyl sites for hydroxylation is 1. The Morgan fingerprint density at radius 1 is 1.12 bits per heavy atom. The van der Waals surface area contributed by atoms with E-state index in [0.717, 1.165) is 12.3 Å². The lowest BCUT2D eigenvalue weighted by atomic mass is 10.0. The average molecular weight is 322 g/mol. The third-order valence-electron chi connectivity index (χ3n) is 2.02. The minimum absolute atomic E-state index is 0.258. The lowest BCUT2D eigenvalue weighted by Gasteiger charge is -2.22. The van der Waals surface area contributed by atoms with Crippen LogP contribution in [0.5, 0.6) is 0 Å². The first-order chi connectivity index (χ1) is 7.53. The van der Waals surface area contributed by atoms with Gasteiger partial charge in [0.25, 0.3) is 0 Å². The Hall–Kier alpha value is -0.790. The van der Waals surface area contributed by atoms with E-state index in [0.29, 0.717) is 4.47 Å². The predicted octanol–water partition coefficient (Wildman–Crippen LogP) is 4.36. The van der Waals surface area contributed by atoms with E-state index in [2.05, 4.69) is 20.9 Å². The van der Waals surface area contributed by atoms with E-state index in [1.54, 1.807) is 0 Å². The van der Waals surface area contributed by atoms with Crippen LogP contribution in [0.4, 0.5) is 26.3 Å². The number of halogens is 7. The Bertz CT molecular complexity index is 397. The van der Waals surface area contributed by atoms with Gasteiger partial charge in [0.1, 0.15) is 0 Å². The molecule has 1 heterocycles. The molecule has 0 saturated heterocycles. The fourth-order valence-electron chi connectivity index (χ4n) is 1.24. The normalized spacial score (nSPS) is 13.2. The van der Waals surface area contributed by atoms with Crippen LogP contribution in [0.25, 0.3) is 0 Å². The van der Waals surface area contributed by atoms with Crippen LogP contribution in [0.1, 0.15) is 17.2 Å². The molecule has 1 aromatic heterocycles. The zero-order valence-electron chi connectivity index (χ0n) is 8.33. The summed E-state index contributed by atoms with van der Waals surface area (Å²) in [6.45, 7) is 1.39. The molecule has 1 nitrogen and oxygen atoms in total. The van der Waals surface area contributed by atoms with Crippen molar-refractivity contribution in [2.24, 2.45) is 0 Å². The van der Waals surface area contributed by atoms with Crippen LogP contribution in [0.3, 0.4) is 0 Å². The van der Waals surface area contributed by atoms with Crippen molar-refractivity contribution in [2.45, 2.75) is 25.2 Å². The van der Waals surface area contributed by atoms with Gasteiger partial charge in [-0.3, -0.25) is 4.98 Å². The SMILES string of the molecule is Cc1cc(C(C(F)(F)F)C(F)(F)F)ncc1Br. The minimum Gasteiger partial charge on any atom is -0.259 e. The first kappa shape index (κ1) is 14.3. The van der Waals surface area contributed by atoms with Crippen LogP contribution in [0, 0.1) is 6.92 Å². The summed E-state index contributed by atoms with van der Waals surface area (Å²) < 4.78 is 74.5. The van der Waals surface area contributed by atoms with Crippen molar-refractivity contribution in [1.82, 2.24) is 4.98 Å². The molecule has 1 rings (SSSR count). The number of pyridine rings is 1. The molecule has 0 aliphatic carbocycles. The van der Waals surface area contributed by atoms with Crippen LogP contribution >= 0.6 is 15.9 Å². The van der Waals surface area contributed by atoms with Gasteiger partial charge in [-0.1, -0.05) is 0 Å². The molecule has 0 atom stereocenters.